The fourth-order valence-corrected chi connectivity index (χ4v) is 3.55. The van der Waals surface area contributed by atoms with E-state index in [-0.39, 0.29) is 18.2 Å². The second-order valence-electron chi connectivity index (χ2n) is 6.82. The zero-order chi connectivity index (χ0) is 18.0. The average molecular weight is 348 g/mol. The lowest BCUT2D eigenvalue weighted by Gasteiger charge is -2.47. The Morgan fingerprint density at radius 1 is 1.17 bits per heavy atom. The molecule has 2 aliphatic rings. The van der Waals surface area contributed by atoms with Crippen molar-refractivity contribution in [1.82, 2.24) is 5.32 Å². The van der Waals surface area contributed by atoms with Crippen LogP contribution in [0.4, 0.5) is 0 Å². The number of ether oxygens (including phenoxy) is 3. The lowest BCUT2D eigenvalue weighted by Crippen LogP contribution is -2.71. The van der Waals surface area contributed by atoms with Crippen molar-refractivity contribution in [2.45, 2.75) is 80.7 Å². The molecule has 24 heavy (non-hydrogen) atoms. The van der Waals surface area contributed by atoms with Crippen LogP contribution in [-0.4, -0.2) is 85.3 Å². The Balaban J connectivity index is 2.11. The summed E-state index contributed by atoms with van der Waals surface area (Å²) in [5.41, 5.74) is 18.1. The van der Waals surface area contributed by atoms with Crippen LogP contribution in [0.1, 0.15) is 19.8 Å². The molecule has 10 atom stereocenters. The molecule has 1 heterocycles. The van der Waals surface area contributed by atoms with Crippen molar-refractivity contribution in [2.24, 2.45) is 17.2 Å². The van der Waals surface area contributed by atoms with Crippen molar-refractivity contribution in [2.75, 3.05) is 14.2 Å². The normalized spacial score (nSPS) is 48.2. The number of methoxy groups -OCH3 is 1. The number of likely N-dealkylation sites (N-methyl/N-ethyl adjacent to an activating group) is 1. The number of nitrogens with one attached hydrogen (secondary N) is 1. The molecule has 9 heteroatoms. The van der Waals surface area contributed by atoms with Crippen LogP contribution in [0.25, 0.3) is 0 Å². The van der Waals surface area contributed by atoms with Gasteiger partial charge in [0, 0.05) is 13.2 Å². The van der Waals surface area contributed by atoms with E-state index < -0.39 is 42.8 Å². The SMILES string of the molecule is CNC1C(OC)[C@@H](O)C(N)C(O[C@H]2O[C@@H](C(C)N)CC[C@H]2N)[C@@H]1O. The highest BCUT2D eigenvalue weighted by Crippen LogP contribution is 2.28. The number of hydrogen-bond acceptors (Lipinski definition) is 9. The van der Waals surface area contributed by atoms with E-state index in [9.17, 15) is 10.2 Å². The summed E-state index contributed by atoms with van der Waals surface area (Å²) in [4.78, 5) is 0. The fourth-order valence-electron chi connectivity index (χ4n) is 3.55. The number of hydrogen-bond donors (Lipinski definition) is 6. The maximum absolute atomic E-state index is 10.6. The minimum absolute atomic E-state index is 0.151. The molecule has 0 bridgehead atoms. The summed E-state index contributed by atoms with van der Waals surface area (Å²) in [7, 11) is 3.14. The zero-order valence-electron chi connectivity index (χ0n) is 14.5. The molecule has 1 saturated heterocycles. The summed E-state index contributed by atoms with van der Waals surface area (Å²) >= 11 is 0. The lowest BCUT2D eigenvalue weighted by atomic mass is 9.81. The summed E-state index contributed by atoms with van der Waals surface area (Å²) in [6, 6.07) is -1.85. The third-order valence-electron chi connectivity index (χ3n) is 5.10. The van der Waals surface area contributed by atoms with Gasteiger partial charge in [-0.2, -0.15) is 0 Å². The predicted molar refractivity (Wildman–Crippen MR) is 88.0 cm³/mol. The first kappa shape index (κ1) is 20.0. The maximum atomic E-state index is 10.6. The minimum Gasteiger partial charge on any atom is -0.389 e. The predicted octanol–water partition coefficient (Wildman–Crippen LogP) is -2.78. The Kier molecular flexibility index (Phi) is 6.94. The van der Waals surface area contributed by atoms with Crippen LogP contribution in [-0.2, 0) is 14.2 Å². The molecular weight excluding hydrogens is 316 g/mol. The van der Waals surface area contributed by atoms with E-state index >= 15 is 0 Å². The molecule has 1 aliphatic heterocycles. The maximum Gasteiger partial charge on any atom is 0.173 e. The minimum atomic E-state index is -0.995. The van der Waals surface area contributed by atoms with Gasteiger partial charge >= 0.3 is 0 Å². The van der Waals surface area contributed by atoms with Crippen LogP contribution in [0.5, 0.6) is 0 Å². The highest BCUT2D eigenvalue weighted by atomic mass is 16.7. The molecule has 1 aliphatic carbocycles. The van der Waals surface area contributed by atoms with Gasteiger partial charge in [0.25, 0.3) is 0 Å². The Bertz CT molecular complexity index is 402. The molecule has 0 aromatic rings. The third-order valence-corrected chi connectivity index (χ3v) is 5.10. The second-order valence-corrected chi connectivity index (χ2v) is 6.82. The fraction of sp³-hybridized carbons (Fsp3) is 1.00. The molecule has 5 unspecified atom stereocenters. The van der Waals surface area contributed by atoms with Crippen LogP contribution < -0.4 is 22.5 Å². The van der Waals surface area contributed by atoms with Crippen LogP contribution >= 0.6 is 0 Å². The second kappa shape index (κ2) is 8.35. The topological polar surface area (TPSA) is 158 Å². The highest BCUT2D eigenvalue weighted by Gasteiger charge is 2.50. The smallest absolute Gasteiger partial charge is 0.173 e. The molecular formula is C15H32N4O5. The van der Waals surface area contributed by atoms with Gasteiger partial charge in [0.1, 0.15) is 12.2 Å². The average Bonchev–Trinajstić information content (AvgIpc) is 2.55. The number of nitrogens with two attached hydrogens (primary N) is 3. The first-order valence-electron chi connectivity index (χ1n) is 8.45. The van der Waals surface area contributed by atoms with Gasteiger partial charge < -0.3 is 46.9 Å². The molecule has 0 aromatic heterocycles. The van der Waals surface area contributed by atoms with Crippen LogP contribution in [0, 0.1) is 0 Å². The summed E-state index contributed by atoms with van der Waals surface area (Å²) in [6.07, 6.45) is -2.90. The van der Waals surface area contributed by atoms with E-state index in [2.05, 4.69) is 5.32 Å². The van der Waals surface area contributed by atoms with Crippen LogP contribution in [0.15, 0.2) is 0 Å². The van der Waals surface area contributed by atoms with Crippen LogP contribution in [0.2, 0.25) is 0 Å². The van der Waals surface area contributed by atoms with Crippen molar-refractivity contribution >= 4 is 0 Å². The molecule has 2 rings (SSSR count). The molecule has 0 radical (unpaired) electrons. The Morgan fingerprint density at radius 3 is 2.38 bits per heavy atom. The van der Waals surface area contributed by atoms with Gasteiger partial charge in [-0.05, 0) is 26.8 Å². The van der Waals surface area contributed by atoms with Crippen molar-refractivity contribution in [3.63, 3.8) is 0 Å². The number of aliphatic hydroxyl groups is 2. The molecule has 2 fully saturated rings. The van der Waals surface area contributed by atoms with Gasteiger partial charge in [-0.25, -0.2) is 0 Å². The monoisotopic (exact) mass is 348 g/mol. The van der Waals surface area contributed by atoms with Crippen molar-refractivity contribution in [3.05, 3.63) is 0 Å². The Labute approximate surface area is 142 Å². The molecule has 9 nitrogen and oxygen atoms in total. The lowest BCUT2D eigenvalue weighted by molar-refractivity contribution is -0.262. The van der Waals surface area contributed by atoms with Crippen molar-refractivity contribution in [3.8, 4) is 0 Å². The summed E-state index contributed by atoms with van der Waals surface area (Å²) in [6.45, 7) is 1.86. The molecule has 0 amide bonds. The third kappa shape index (κ3) is 3.90. The first-order valence-corrected chi connectivity index (χ1v) is 8.45. The Hall–Kier alpha value is -0.360. The van der Waals surface area contributed by atoms with E-state index in [4.69, 9.17) is 31.4 Å². The van der Waals surface area contributed by atoms with Gasteiger partial charge in [-0.15, -0.1) is 0 Å². The first-order chi connectivity index (χ1) is 11.3. The molecule has 142 valence electrons. The summed E-state index contributed by atoms with van der Waals surface area (Å²) in [5, 5.41) is 24.0. The summed E-state index contributed by atoms with van der Waals surface area (Å²) in [5.74, 6) is 0. The largest absolute Gasteiger partial charge is 0.389 e. The molecule has 0 aromatic carbocycles. The van der Waals surface area contributed by atoms with E-state index in [1.807, 2.05) is 6.92 Å². The molecule has 0 spiro atoms. The molecule has 9 N–H and O–H groups in total. The van der Waals surface area contributed by atoms with Gasteiger partial charge in [-0.3, -0.25) is 0 Å². The number of aliphatic hydroxyl groups excluding tert-OH is 2. The van der Waals surface area contributed by atoms with Gasteiger partial charge in [-0.1, -0.05) is 0 Å². The summed E-state index contributed by atoms with van der Waals surface area (Å²) < 4.78 is 17.0. The Morgan fingerprint density at radius 2 is 1.83 bits per heavy atom. The van der Waals surface area contributed by atoms with E-state index in [0.717, 1.165) is 6.42 Å². The van der Waals surface area contributed by atoms with Crippen LogP contribution in [0.3, 0.4) is 0 Å². The van der Waals surface area contributed by atoms with E-state index in [1.165, 1.54) is 7.11 Å². The van der Waals surface area contributed by atoms with E-state index in [1.54, 1.807) is 7.05 Å². The van der Waals surface area contributed by atoms with Gasteiger partial charge in [0.2, 0.25) is 0 Å². The molecule has 1 saturated carbocycles. The van der Waals surface area contributed by atoms with E-state index in [0.29, 0.717) is 6.42 Å². The van der Waals surface area contributed by atoms with Gasteiger partial charge in [0.05, 0.1) is 36.4 Å². The van der Waals surface area contributed by atoms with Crippen molar-refractivity contribution < 1.29 is 24.4 Å². The zero-order valence-corrected chi connectivity index (χ0v) is 14.5. The quantitative estimate of drug-likeness (QED) is 0.309. The van der Waals surface area contributed by atoms with Crippen molar-refractivity contribution in [1.29, 1.82) is 0 Å². The van der Waals surface area contributed by atoms with Gasteiger partial charge in [0.15, 0.2) is 6.29 Å². The number of rotatable bonds is 5. The standard InChI is InChI=1S/C15H32N4O5/c1-6(16)8-5-4-7(17)15(23-8)24-13-9(18)11(20)14(22-3)10(19-2)12(13)21/h6-15,19-21H,4-5,16-18H2,1-3H3/t6?,7-,8-,9?,10?,11+,12-,13?,14?,15-/m1/s1. The highest BCUT2D eigenvalue weighted by molar-refractivity contribution is 5.05.